The van der Waals surface area contributed by atoms with Gasteiger partial charge in [0.1, 0.15) is 0 Å². The predicted octanol–water partition coefficient (Wildman–Crippen LogP) is 2.36. The highest BCUT2D eigenvalue weighted by atomic mass is 15.4. The SMILES string of the molecule is CC1(C)CN(Cc2ccccc2)C2CCN1C2. The maximum atomic E-state index is 2.68. The van der Waals surface area contributed by atoms with Crippen LogP contribution < -0.4 is 0 Å². The molecule has 0 spiro atoms. The molecule has 2 aliphatic heterocycles. The summed E-state index contributed by atoms with van der Waals surface area (Å²) in [6, 6.07) is 11.7. The van der Waals surface area contributed by atoms with Crippen LogP contribution >= 0.6 is 0 Å². The van der Waals surface area contributed by atoms with Crippen molar-refractivity contribution in [2.24, 2.45) is 0 Å². The minimum absolute atomic E-state index is 0.349. The highest BCUT2D eigenvalue weighted by Crippen LogP contribution is 2.32. The van der Waals surface area contributed by atoms with E-state index >= 15 is 0 Å². The minimum Gasteiger partial charge on any atom is -0.295 e. The van der Waals surface area contributed by atoms with E-state index in [0.29, 0.717) is 5.54 Å². The lowest BCUT2D eigenvalue weighted by atomic mass is 9.98. The molecule has 2 fully saturated rings. The van der Waals surface area contributed by atoms with Crippen LogP contribution in [-0.2, 0) is 6.54 Å². The molecule has 0 aliphatic carbocycles. The fourth-order valence-corrected chi connectivity index (χ4v) is 3.32. The van der Waals surface area contributed by atoms with Crippen molar-refractivity contribution in [2.45, 2.75) is 38.4 Å². The first-order valence-electron chi connectivity index (χ1n) is 6.68. The summed E-state index contributed by atoms with van der Waals surface area (Å²) in [5, 5.41) is 0. The zero-order valence-corrected chi connectivity index (χ0v) is 10.9. The Morgan fingerprint density at radius 1 is 1.24 bits per heavy atom. The Morgan fingerprint density at radius 2 is 2.00 bits per heavy atom. The molecule has 0 amide bonds. The standard InChI is InChI=1S/C15H22N2/c1-15(2)12-16(14-8-9-17(15)11-14)10-13-6-4-3-5-7-13/h3-7,14H,8-12H2,1-2H3. The Bertz CT molecular complexity index is 385. The second-order valence-corrected chi connectivity index (χ2v) is 6.09. The molecule has 0 aromatic heterocycles. The van der Waals surface area contributed by atoms with Gasteiger partial charge < -0.3 is 0 Å². The Hall–Kier alpha value is -0.860. The summed E-state index contributed by atoms with van der Waals surface area (Å²) in [4.78, 5) is 5.33. The van der Waals surface area contributed by atoms with Gasteiger partial charge in [0.2, 0.25) is 0 Å². The lowest BCUT2D eigenvalue weighted by Crippen LogP contribution is -2.57. The molecule has 2 heteroatoms. The summed E-state index contributed by atoms with van der Waals surface area (Å²) in [7, 11) is 0. The van der Waals surface area contributed by atoms with E-state index in [0.717, 1.165) is 12.6 Å². The van der Waals surface area contributed by atoms with Crippen LogP contribution in [0.25, 0.3) is 0 Å². The highest BCUT2D eigenvalue weighted by molar-refractivity contribution is 5.15. The number of rotatable bonds is 2. The van der Waals surface area contributed by atoms with Gasteiger partial charge in [-0.1, -0.05) is 30.3 Å². The average Bonchev–Trinajstić information content (AvgIpc) is 2.75. The van der Waals surface area contributed by atoms with Crippen LogP contribution in [0.1, 0.15) is 25.8 Å². The predicted molar refractivity (Wildman–Crippen MR) is 70.9 cm³/mol. The maximum Gasteiger partial charge on any atom is 0.0281 e. The van der Waals surface area contributed by atoms with E-state index in [9.17, 15) is 0 Å². The molecule has 0 N–H and O–H groups in total. The van der Waals surface area contributed by atoms with Gasteiger partial charge in [0.15, 0.2) is 0 Å². The smallest absolute Gasteiger partial charge is 0.0281 e. The third kappa shape index (κ3) is 2.12. The molecule has 3 rings (SSSR count). The fourth-order valence-electron chi connectivity index (χ4n) is 3.32. The molecular formula is C15H22N2. The molecule has 2 bridgehead atoms. The van der Waals surface area contributed by atoms with E-state index in [-0.39, 0.29) is 0 Å². The van der Waals surface area contributed by atoms with Gasteiger partial charge >= 0.3 is 0 Å². The summed E-state index contributed by atoms with van der Waals surface area (Å²) in [6.07, 6.45) is 1.34. The molecule has 2 aliphatic rings. The van der Waals surface area contributed by atoms with Crippen molar-refractivity contribution in [1.82, 2.24) is 9.80 Å². The van der Waals surface area contributed by atoms with Gasteiger partial charge in [-0.25, -0.2) is 0 Å². The van der Waals surface area contributed by atoms with Gasteiger partial charge in [0.05, 0.1) is 0 Å². The molecule has 2 atom stereocenters. The summed E-state index contributed by atoms with van der Waals surface area (Å²) in [5.74, 6) is 0. The van der Waals surface area contributed by atoms with E-state index in [1.165, 1.54) is 31.6 Å². The molecule has 0 radical (unpaired) electrons. The first kappa shape index (κ1) is 11.2. The average molecular weight is 230 g/mol. The van der Waals surface area contributed by atoms with Crippen molar-refractivity contribution in [3.8, 4) is 0 Å². The van der Waals surface area contributed by atoms with E-state index in [2.05, 4.69) is 54.0 Å². The van der Waals surface area contributed by atoms with E-state index < -0.39 is 0 Å². The molecule has 2 heterocycles. The molecule has 92 valence electrons. The second kappa shape index (κ2) is 4.11. The van der Waals surface area contributed by atoms with Crippen LogP contribution in [-0.4, -0.2) is 41.0 Å². The zero-order chi connectivity index (χ0) is 11.9. The lowest BCUT2D eigenvalue weighted by Gasteiger charge is -2.45. The van der Waals surface area contributed by atoms with Crippen molar-refractivity contribution in [3.63, 3.8) is 0 Å². The Morgan fingerprint density at radius 3 is 2.76 bits per heavy atom. The van der Waals surface area contributed by atoms with E-state index in [1.54, 1.807) is 0 Å². The van der Waals surface area contributed by atoms with Crippen molar-refractivity contribution >= 4 is 0 Å². The topological polar surface area (TPSA) is 6.48 Å². The monoisotopic (exact) mass is 230 g/mol. The van der Waals surface area contributed by atoms with Gasteiger partial charge in [-0.2, -0.15) is 0 Å². The highest BCUT2D eigenvalue weighted by Gasteiger charge is 2.42. The van der Waals surface area contributed by atoms with Crippen molar-refractivity contribution in [2.75, 3.05) is 19.6 Å². The van der Waals surface area contributed by atoms with Gasteiger partial charge in [-0.3, -0.25) is 9.80 Å². The van der Waals surface area contributed by atoms with Crippen molar-refractivity contribution < 1.29 is 0 Å². The number of nitrogens with zero attached hydrogens (tertiary/aromatic N) is 2. The van der Waals surface area contributed by atoms with Gasteiger partial charge in [-0.05, 0) is 25.8 Å². The van der Waals surface area contributed by atoms with Gasteiger partial charge in [0, 0.05) is 37.8 Å². The first-order valence-corrected chi connectivity index (χ1v) is 6.68. The van der Waals surface area contributed by atoms with E-state index in [4.69, 9.17) is 0 Å². The van der Waals surface area contributed by atoms with Crippen LogP contribution in [0, 0.1) is 0 Å². The van der Waals surface area contributed by atoms with Crippen LogP contribution in [0.4, 0.5) is 0 Å². The number of hydrogen-bond donors (Lipinski definition) is 0. The largest absolute Gasteiger partial charge is 0.295 e. The third-order valence-electron chi connectivity index (χ3n) is 4.35. The van der Waals surface area contributed by atoms with Gasteiger partial charge in [0.25, 0.3) is 0 Å². The summed E-state index contributed by atoms with van der Waals surface area (Å²) >= 11 is 0. The van der Waals surface area contributed by atoms with Crippen molar-refractivity contribution in [1.29, 1.82) is 0 Å². The molecule has 2 nitrogen and oxygen atoms in total. The fraction of sp³-hybridized carbons (Fsp3) is 0.600. The number of piperazine rings is 1. The molecule has 17 heavy (non-hydrogen) atoms. The van der Waals surface area contributed by atoms with Crippen LogP contribution in [0.3, 0.4) is 0 Å². The second-order valence-electron chi connectivity index (χ2n) is 6.09. The molecule has 0 saturated carbocycles. The lowest BCUT2D eigenvalue weighted by molar-refractivity contribution is 0.0295. The Kier molecular flexibility index (Phi) is 2.72. The summed E-state index contributed by atoms with van der Waals surface area (Å²) in [6.45, 7) is 9.62. The normalized spacial score (nSPS) is 31.6. The zero-order valence-electron chi connectivity index (χ0n) is 10.9. The number of benzene rings is 1. The molecular weight excluding hydrogens is 208 g/mol. The quantitative estimate of drug-likeness (QED) is 0.769. The molecule has 2 unspecified atom stereocenters. The van der Waals surface area contributed by atoms with E-state index in [1.807, 2.05) is 0 Å². The molecule has 2 saturated heterocycles. The summed E-state index contributed by atoms with van der Waals surface area (Å²) in [5.41, 5.74) is 1.80. The van der Waals surface area contributed by atoms with Crippen LogP contribution in [0.15, 0.2) is 30.3 Å². The summed E-state index contributed by atoms with van der Waals surface area (Å²) < 4.78 is 0. The molecule has 1 aromatic carbocycles. The Balaban J connectivity index is 1.75. The molecule has 1 aromatic rings. The van der Waals surface area contributed by atoms with Crippen molar-refractivity contribution in [3.05, 3.63) is 35.9 Å². The van der Waals surface area contributed by atoms with Crippen LogP contribution in [0.5, 0.6) is 0 Å². The van der Waals surface area contributed by atoms with Gasteiger partial charge in [-0.15, -0.1) is 0 Å². The third-order valence-corrected chi connectivity index (χ3v) is 4.35. The minimum atomic E-state index is 0.349. The maximum absolute atomic E-state index is 2.68. The Labute approximate surface area is 104 Å². The van der Waals surface area contributed by atoms with Crippen LogP contribution in [0.2, 0.25) is 0 Å². The number of hydrogen-bond acceptors (Lipinski definition) is 2. The number of fused-ring (bicyclic) bond motifs is 2. The first-order chi connectivity index (χ1) is 8.15.